The molecule has 0 N–H and O–H groups in total. The van der Waals surface area contributed by atoms with Crippen molar-refractivity contribution in [3.8, 4) is 5.75 Å². The molecule has 0 bridgehead atoms. The molecule has 0 radical (unpaired) electrons. The lowest BCUT2D eigenvalue weighted by atomic mass is 9.82. The van der Waals surface area contributed by atoms with Gasteiger partial charge in [0.25, 0.3) is 0 Å². The van der Waals surface area contributed by atoms with E-state index in [1.54, 1.807) is 14.2 Å². The van der Waals surface area contributed by atoms with Crippen molar-refractivity contribution >= 4 is 28.6 Å². The molecule has 81 heavy (non-hydrogen) atoms. The number of amides is 2. The molecule has 7 rings (SSSR count). The number of cyclic esters (lactones) is 1. The second-order valence-electron chi connectivity index (χ2n) is 26.9. The molecule has 2 amide bonds. The topological polar surface area (TPSA) is 148 Å². The predicted octanol–water partition coefficient (Wildman–Crippen LogP) is 13.8. The summed E-state index contributed by atoms with van der Waals surface area (Å²) in [6, 6.07) is 26.9. The third-order valence-corrected chi connectivity index (χ3v) is 26.7. The van der Waals surface area contributed by atoms with Crippen molar-refractivity contribution in [2.45, 2.75) is 249 Å². The minimum atomic E-state index is -2.64. The SMILES string of the molecule is COc1ccc(COCC[C@@H]2O[C@@](C[C@@H]3C[C@H]([C@@H](CC[C@@H]4C[C@H](CCOCc5ccccc5)OC(C)(C)O4)O[Si](C)(C)C(C)(C)C)OC(C)(C)O3)(OC)C[C@H](O[Si](C)(C)C(C)(C)C)[C@H]2C(=O)N2C(=O)O[C@H](c3ccccc3)[C@@H]2C)cc1. The first-order valence-corrected chi connectivity index (χ1v) is 35.5. The number of carbonyl (C=O) groups is 2. The molecule has 0 spiro atoms. The normalized spacial score (nSPS) is 28.6. The van der Waals surface area contributed by atoms with Gasteiger partial charge in [-0.05, 0) is 125 Å². The Bertz CT molecular complexity index is 2460. The number of hydrogen-bond donors (Lipinski definition) is 0. The summed E-state index contributed by atoms with van der Waals surface area (Å²) in [7, 11) is -1.71. The second-order valence-corrected chi connectivity index (χ2v) is 36.5. The van der Waals surface area contributed by atoms with Crippen LogP contribution in [0.5, 0.6) is 5.75 Å². The Hall–Kier alpha value is -3.57. The molecule has 452 valence electrons. The maximum Gasteiger partial charge on any atom is 0.417 e. The molecule has 15 nitrogen and oxygen atoms in total. The zero-order chi connectivity index (χ0) is 59.2. The number of benzene rings is 3. The quantitative estimate of drug-likeness (QED) is 0.0619. The Morgan fingerprint density at radius 2 is 1.25 bits per heavy atom. The molecule has 0 saturated carbocycles. The average molecular weight is 1160 g/mol. The highest BCUT2D eigenvalue weighted by Crippen LogP contribution is 2.49. The van der Waals surface area contributed by atoms with Crippen LogP contribution in [0.15, 0.2) is 84.9 Å². The van der Waals surface area contributed by atoms with E-state index in [1.807, 2.05) is 107 Å². The molecule has 3 aromatic carbocycles. The summed E-state index contributed by atoms with van der Waals surface area (Å²) in [5.74, 6) is -3.65. The molecule has 0 aliphatic carbocycles. The Labute approximate surface area is 487 Å². The molecule has 11 atom stereocenters. The molecule has 17 heteroatoms. The lowest BCUT2D eigenvalue weighted by Gasteiger charge is -2.53. The van der Waals surface area contributed by atoms with Gasteiger partial charge in [-0.2, -0.15) is 0 Å². The molecular formula is C64H99NO14Si2. The van der Waals surface area contributed by atoms with Crippen molar-refractivity contribution in [2.75, 3.05) is 27.4 Å². The van der Waals surface area contributed by atoms with Crippen LogP contribution in [0, 0.1) is 5.92 Å². The van der Waals surface area contributed by atoms with Gasteiger partial charge in [0.15, 0.2) is 34.0 Å². The summed E-state index contributed by atoms with van der Waals surface area (Å²) in [4.78, 5) is 31.0. The van der Waals surface area contributed by atoms with Crippen LogP contribution < -0.4 is 4.74 Å². The minimum Gasteiger partial charge on any atom is -0.497 e. The maximum atomic E-state index is 15.6. The summed E-state index contributed by atoms with van der Waals surface area (Å²) in [5.41, 5.74) is 2.93. The largest absolute Gasteiger partial charge is 0.497 e. The summed E-state index contributed by atoms with van der Waals surface area (Å²) in [5, 5.41) is -0.302. The fourth-order valence-electron chi connectivity index (χ4n) is 11.4. The molecule has 4 heterocycles. The van der Waals surface area contributed by atoms with E-state index < -0.39 is 82.4 Å². The van der Waals surface area contributed by atoms with Crippen molar-refractivity contribution in [2.24, 2.45) is 5.92 Å². The molecule has 3 aromatic rings. The zero-order valence-electron chi connectivity index (χ0n) is 52.0. The van der Waals surface area contributed by atoms with E-state index in [9.17, 15) is 4.79 Å². The highest BCUT2D eigenvalue weighted by Gasteiger charge is 2.58. The van der Waals surface area contributed by atoms with E-state index in [2.05, 4.69) is 79.9 Å². The van der Waals surface area contributed by atoms with Gasteiger partial charge in [0.05, 0.1) is 75.0 Å². The molecule has 4 aliphatic heterocycles. The molecule has 4 saturated heterocycles. The Morgan fingerprint density at radius 1 is 0.691 bits per heavy atom. The fraction of sp³-hybridized carbons (Fsp3) is 0.688. The number of methoxy groups -OCH3 is 2. The molecule has 0 aromatic heterocycles. The van der Waals surface area contributed by atoms with E-state index in [4.69, 9.17) is 56.2 Å². The number of nitrogens with zero attached hydrogens (tertiary/aromatic N) is 1. The van der Waals surface area contributed by atoms with Crippen LogP contribution in [-0.4, -0.2) is 127 Å². The van der Waals surface area contributed by atoms with Crippen LogP contribution in [0.4, 0.5) is 4.79 Å². The van der Waals surface area contributed by atoms with E-state index in [1.165, 1.54) is 4.90 Å². The lowest BCUT2D eigenvalue weighted by Crippen LogP contribution is -2.62. The van der Waals surface area contributed by atoms with Gasteiger partial charge in [-0.15, -0.1) is 0 Å². The van der Waals surface area contributed by atoms with Gasteiger partial charge in [0.1, 0.15) is 11.9 Å². The van der Waals surface area contributed by atoms with Gasteiger partial charge in [-0.25, -0.2) is 9.69 Å². The Morgan fingerprint density at radius 3 is 1.84 bits per heavy atom. The van der Waals surface area contributed by atoms with Gasteiger partial charge in [0, 0.05) is 46.0 Å². The number of imide groups is 1. The van der Waals surface area contributed by atoms with Gasteiger partial charge in [0.2, 0.25) is 5.91 Å². The third kappa shape index (κ3) is 17.1. The van der Waals surface area contributed by atoms with Crippen LogP contribution in [0.25, 0.3) is 0 Å². The number of hydrogen-bond acceptors (Lipinski definition) is 14. The Kier molecular flexibility index (Phi) is 21.5. The van der Waals surface area contributed by atoms with Crippen molar-refractivity contribution < 1.29 is 65.8 Å². The maximum absolute atomic E-state index is 15.6. The van der Waals surface area contributed by atoms with Gasteiger partial charge in [-0.1, -0.05) is 114 Å². The van der Waals surface area contributed by atoms with E-state index in [-0.39, 0.29) is 47.5 Å². The van der Waals surface area contributed by atoms with E-state index in [0.29, 0.717) is 45.5 Å². The van der Waals surface area contributed by atoms with Gasteiger partial charge < -0.3 is 56.2 Å². The first-order valence-electron chi connectivity index (χ1n) is 29.6. The highest BCUT2D eigenvalue weighted by molar-refractivity contribution is 6.74. The number of ether oxygens (including phenoxy) is 10. The molecule has 4 aliphatic rings. The highest BCUT2D eigenvalue weighted by atomic mass is 28.4. The smallest absolute Gasteiger partial charge is 0.417 e. The summed E-state index contributed by atoms with van der Waals surface area (Å²) in [6.45, 7) is 33.8. The van der Waals surface area contributed by atoms with Crippen LogP contribution in [0.3, 0.4) is 0 Å². The Balaban J connectivity index is 1.16. The predicted molar refractivity (Wildman–Crippen MR) is 318 cm³/mol. The average Bonchev–Trinajstić information content (AvgIpc) is 3.99. The summed E-state index contributed by atoms with van der Waals surface area (Å²) >= 11 is 0. The van der Waals surface area contributed by atoms with Crippen LogP contribution in [0.2, 0.25) is 36.3 Å². The lowest BCUT2D eigenvalue weighted by molar-refractivity contribution is -0.346. The van der Waals surface area contributed by atoms with Crippen LogP contribution in [0.1, 0.15) is 150 Å². The van der Waals surface area contributed by atoms with Crippen LogP contribution in [-0.2, 0) is 69.5 Å². The fourth-order valence-corrected chi connectivity index (χ4v) is 14.1. The van der Waals surface area contributed by atoms with Gasteiger partial charge in [-0.3, -0.25) is 4.79 Å². The number of carbonyl (C=O) groups excluding carboxylic acids is 2. The van der Waals surface area contributed by atoms with Crippen molar-refractivity contribution in [3.05, 3.63) is 102 Å². The zero-order valence-corrected chi connectivity index (χ0v) is 54.0. The first kappa shape index (κ1) is 65.0. The second kappa shape index (κ2) is 26.8. The first-order chi connectivity index (χ1) is 37.9. The summed E-state index contributed by atoms with van der Waals surface area (Å²) < 4.78 is 79.9. The minimum absolute atomic E-state index is 0.0281. The molecule has 4 fully saturated rings. The van der Waals surface area contributed by atoms with Crippen LogP contribution >= 0.6 is 0 Å². The number of rotatable bonds is 24. The monoisotopic (exact) mass is 1160 g/mol. The van der Waals surface area contributed by atoms with E-state index >= 15 is 4.79 Å². The van der Waals surface area contributed by atoms with E-state index in [0.717, 1.165) is 41.7 Å². The standard InChI is InChI=1S/C64H99NO14Si2/c1-44-57(47-26-22-19-23-27-47)72-59(67)65(44)58(66)56-53(35-37-71-43-46-28-30-48(68-12)31-29-46)77-64(69-13,41-55(56)79-81(16,17)61(5,6)7)40-51-39-54(76-63(10,11)75-51)52(78-80(14,15)60(2,3)4)33-32-49-38-50(74-62(8,9)73-49)34-36-70-42-45-24-20-18-21-25-45/h18-31,44,49-57H,32-43H2,1-17H3/t44-,49+,50-,51-,52+,53-,54+,55-,56-,57-,64+/m0/s1. The summed E-state index contributed by atoms with van der Waals surface area (Å²) in [6.07, 6.45) is 0.133. The molecule has 0 unspecified atom stereocenters. The van der Waals surface area contributed by atoms with Crippen molar-refractivity contribution in [1.29, 1.82) is 0 Å². The van der Waals surface area contributed by atoms with Crippen molar-refractivity contribution in [3.63, 3.8) is 0 Å². The third-order valence-electron chi connectivity index (χ3n) is 17.7. The van der Waals surface area contributed by atoms with Gasteiger partial charge >= 0.3 is 6.09 Å². The van der Waals surface area contributed by atoms with Crippen molar-refractivity contribution in [1.82, 2.24) is 4.90 Å². The molecular weight excluding hydrogens is 1060 g/mol.